The van der Waals surface area contributed by atoms with Gasteiger partial charge in [0, 0.05) is 25.0 Å². The number of hydrogen-bond acceptors (Lipinski definition) is 5. The molecule has 1 atom stereocenters. The zero-order chi connectivity index (χ0) is 15.2. The van der Waals surface area contributed by atoms with Gasteiger partial charge in [-0.3, -0.25) is 4.79 Å². The van der Waals surface area contributed by atoms with E-state index in [1.165, 1.54) is 0 Å². The lowest BCUT2D eigenvalue weighted by Gasteiger charge is -2.11. The van der Waals surface area contributed by atoms with Crippen molar-refractivity contribution >= 4 is 17.5 Å². The van der Waals surface area contributed by atoms with E-state index >= 15 is 0 Å². The van der Waals surface area contributed by atoms with Crippen LogP contribution < -0.4 is 10.6 Å². The third kappa shape index (κ3) is 3.79. The van der Waals surface area contributed by atoms with Crippen molar-refractivity contribution in [3.63, 3.8) is 0 Å². The number of ether oxygens (including phenoxy) is 1. The SMILES string of the molecule is O=C(Nc1ccccc1)c1ccnc(NCC2CCCO2)n1. The van der Waals surface area contributed by atoms with E-state index < -0.39 is 0 Å². The summed E-state index contributed by atoms with van der Waals surface area (Å²) in [7, 11) is 0. The summed E-state index contributed by atoms with van der Waals surface area (Å²) < 4.78 is 5.53. The Bertz CT molecular complexity index is 627. The van der Waals surface area contributed by atoms with E-state index in [0.717, 1.165) is 25.1 Å². The zero-order valence-corrected chi connectivity index (χ0v) is 12.2. The standard InChI is InChI=1S/C16H18N4O2/c21-15(19-12-5-2-1-3-6-12)14-8-9-17-16(20-14)18-11-13-7-4-10-22-13/h1-3,5-6,8-9,13H,4,7,10-11H2,(H,19,21)(H,17,18,20). The summed E-state index contributed by atoms with van der Waals surface area (Å²) in [4.78, 5) is 20.5. The summed E-state index contributed by atoms with van der Waals surface area (Å²) in [5, 5.41) is 5.92. The number of carbonyl (C=O) groups is 1. The maximum absolute atomic E-state index is 12.2. The van der Waals surface area contributed by atoms with E-state index in [9.17, 15) is 4.79 Å². The summed E-state index contributed by atoms with van der Waals surface area (Å²) in [5.74, 6) is 0.185. The fraction of sp³-hybridized carbons (Fsp3) is 0.312. The van der Waals surface area contributed by atoms with Gasteiger partial charge in [-0.15, -0.1) is 0 Å². The molecule has 1 aromatic heterocycles. The smallest absolute Gasteiger partial charge is 0.274 e. The van der Waals surface area contributed by atoms with Crippen molar-refractivity contribution in [2.24, 2.45) is 0 Å². The molecular formula is C16H18N4O2. The highest BCUT2D eigenvalue weighted by Gasteiger charge is 2.16. The van der Waals surface area contributed by atoms with Crippen LogP contribution in [-0.4, -0.2) is 35.1 Å². The number of amides is 1. The van der Waals surface area contributed by atoms with Gasteiger partial charge in [-0.1, -0.05) is 18.2 Å². The zero-order valence-electron chi connectivity index (χ0n) is 12.2. The van der Waals surface area contributed by atoms with Crippen LogP contribution in [0.1, 0.15) is 23.3 Å². The number of para-hydroxylation sites is 1. The molecule has 6 nitrogen and oxygen atoms in total. The Hall–Kier alpha value is -2.47. The minimum absolute atomic E-state index is 0.199. The Kier molecular flexibility index (Phi) is 4.60. The average Bonchev–Trinajstić information content (AvgIpc) is 3.08. The number of nitrogens with zero attached hydrogens (tertiary/aromatic N) is 2. The summed E-state index contributed by atoms with van der Waals surface area (Å²) in [6.45, 7) is 1.47. The molecule has 1 unspecified atom stereocenters. The van der Waals surface area contributed by atoms with Gasteiger partial charge in [0.1, 0.15) is 5.69 Å². The molecule has 1 aromatic carbocycles. The van der Waals surface area contributed by atoms with Crippen LogP contribution in [-0.2, 0) is 4.74 Å². The van der Waals surface area contributed by atoms with E-state index in [1.54, 1.807) is 12.3 Å². The number of carbonyl (C=O) groups excluding carboxylic acids is 1. The number of rotatable bonds is 5. The molecule has 0 bridgehead atoms. The van der Waals surface area contributed by atoms with Crippen LogP contribution >= 0.6 is 0 Å². The lowest BCUT2D eigenvalue weighted by atomic mass is 10.2. The number of hydrogen-bond donors (Lipinski definition) is 2. The summed E-state index contributed by atoms with van der Waals surface area (Å²) in [6, 6.07) is 10.9. The van der Waals surface area contributed by atoms with Crippen LogP contribution in [0.4, 0.5) is 11.6 Å². The second kappa shape index (κ2) is 7.00. The van der Waals surface area contributed by atoms with Gasteiger partial charge in [-0.2, -0.15) is 0 Å². The Morgan fingerprint density at radius 2 is 2.14 bits per heavy atom. The van der Waals surface area contributed by atoms with Crippen molar-refractivity contribution in [2.45, 2.75) is 18.9 Å². The normalized spacial score (nSPS) is 17.2. The summed E-state index contributed by atoms with van der Waals surface area (Å²) >= 11 is 0. The maximum Gasteiger partial charge on any atom is 0.274 e. The topological polar surface area (TPSA) is 76.1 Å². The molecule has 2 N–H and O–H groups in total. The molecule has 0 aliphatic carbocycles. The molecule has 6 heteroatoms. The van der Waals surface area contributed by atoms with Gasteiger partial charge in [0.2, 0.25) is 5.95 Å². The van der Waals surface area contributed by atoms with E-state index in [-0.39, 0.29) is 12.0 Å². The van der Waals surface area contributed by atoms with Gasteiger partial charge < -0.3 is 15.4 Å². The summed E-state index contributed by atoms with van der Waals surface area (Å²) in [6.07, 6.45) is 3.91. The van der Waals surface area contributed by atoms with Crippen LogP contribution in [0.5, 0.6) is 0 Å². The van der Waals surface area contributed by atoms with Gasteiger partial charge in [0.05, 0.1) is 6.10 Å². The van der Waals surface area contributed by atoms with Gasteiger partial charge >= 0.3 is 0 Å². The third-order valence-electron chi connectivity index (χ3n) is 3.43. The Balaban J connectivity index is 1.61. The molecule has 0 saturated carbocycles. The van der Waals surface area contributed by atoms with E-state index in [1.807, 2.05) is 30.3 Å². The Morgan fingerprint density at radius 1 is 1.27 bits per heavy atom. The molecular weight excluding hydrogens is 280 g/mol. The largest absolute Gasteiger partial charge is 0.376 e. The van der Waals surface area contributed by atoms with Crippen molar-refractivity contribution in [3.8, 4) is 0 Å². The van der Waals surface area contributed by atoms with E-state index in [2.05, 4.69) is 20.6 Å². The molecule has 1 aliphatic heterocycles. The van der Waals surface area contributed by atoms with Crippen LogP contribution in [0.2, 0.25) is 0 Å². The highest BCUT2D eigenvalue weighted by atomic mass is 16.5. The van der Waals surface area contributed by atoms with Crippen LogP contribution in [0.15, 0.2) is 42.6 Å². The van der Waals surface area contributed by atoms with Crippen molar-refractivity contribution in [3.05, 3.63) is 48.3 Å². The van der Waals surface area contributed by atoms with Crippen LogP contribution in [0, 0.1) is 0 Å². The molecule has 0 radical (unpaired) electrons. The van der Waals surface area contributed by atoms with Crippen LogP contribution in [0.3, 0.4) is 0 Å². The first kappa shape index (κ1) is 14.5. The first-order valence-corrected chi connectivity index (χ1v) is 7.36. The van der Waals surface area contributed by atoms with Gasteiger partial charge in [-0.25, -0.2) is 9.97 Å². The van der Waals surface area contributed by atoms with Crippen LogP contribution in [0.25, 0.3) is 0 Å². The molecule has 22 heavy (non-hydrogen) atoms. The molecule has 114 valence electrons. The first-order valence-electron chi connectivity index (χ1n) is 7.36. The molecule has 0 spiro atoms. The molecule has 3 rings (SSSR count). The minimum atomic E-state index is -0.256. The highest BCUT2D eigenvalue weighted by molar-refractivity contribution is 6.02. The summed E-state index contributed by atoms with van der Waals surface area (Å²) in [5.41, 5.74) is 1.06. The monoisotopic (exact) mass is 298 g/mol. The number of aromatic nitrogens is 2. The van der Waals surface area contributed by atoms with Crippen molar-refractivity contribution in [1.82, 2.24) is 9.97 Å². The molecule has 2 heterocycles. The molecule has 2 aromatic rings. The van der Waals surface area contributed by atoms with Crippen molar-refractivity contribution < 1.29 is 9.53 Å². The van der Waals surface area contributed by atoms with Crippen molar-refractivity contribution in [1.29, 1.82) is 0 Å². The van der Waals surface area contributed by atoms with Gasteiger partial charge in [0.25, 0.3) is 5.91 Å². The lowest BCUT2D eigenvalue weighted by Crippen LogP contribution is -2.21. The van der Waals surface area contributed by atoms with Gasteiger partial charge in [-0.05, 0) is 31.0 Å². The minimum Gasteiger partial charge on any atom is -0.376 e. The molecule has 1 amide bonds. The van der Waals surface area contributed by atoms with E-state index in [0.29, 0.717) is 18.2 Å². The second-order valence-electron chi connectivity index (χ2n) is 5.10. The quantitative estimate of drug-likeness (QED) is 0.886. The number of anilines is 2. The predicted octanol–water partition coefficient (Wildman–Crippen LogP) is 2.32. The second-order valence-corrected chi connectivity index (χ2v) is 5.10. The fourth-order valence-electron chi connectivity index (χ4n) is 2.30. The molecule has 1 fully saturated rings. The van der Waals surface area contributed by atoms with Crippen molar-refractivity contribution in [2.75, 3.05) is 23.8 Å². The molecule has 1 aliphatic rings. The van der Waals surface area contributed by atoms with E-state index in [4.69, 9.17) is 4.74 Å². The fourth-order valence-corrected chi connectivity index (χ4v) is 2.30. The lowest BCUT2D eigenvalue weighted by molar-refractivity contribution is 0.102. The predicted molar refractivity (Wildman–Crippen MR) is 83.9 cm³/mol. The third-order valence-corrected chi connectivity index (χ3v) is 3.43. The highest BCUT2D eigenvalue weighted by Crippen LogP contribution is 2.13. The average molecular weight is 298 g/mol. The van der Waals surface area contributed by atoms with Gasteiger partial charge in [0.15, 0.2) is 0 Å². The first-order chi connectivity index (χ1) is 10.8. The number of nitrogens with one attached hydrogen (secondary N) is 2. The number of benzene rings is 1. The Morgan fingerprint density at radius 3 is 2.91 bits per heavy atom. The Labute approximate surface area is 128 Å². The molecule has 1 saturated heterocycles. The maximum atomic E-state index is 12.2.